The number of benzene rings is 3. The van der Waals surface area contributed by atoms with Crippen molar-refractivity contribution in [1.29, 1.82) is 0 Å². The molecule has 0 spiro atoms. The standard InChI is InChI=1S/C33H40N2O4S/c1-21-17-29(27(32(2,3)4)18-24(21)20-36)40-30-28(37)19-33(39-31(30)38,15-13-22-5-9-25(34)10-6-22)16-14-23-7-11-26(35)12-8-23/h5-12,17-18,36-37H,13-16,19-20,34-35H2,1-4H3. The highest BCUT2D eigenvalue weighted by molar-refractivity contribution is 8.04. The third-order valence-corrected chi connectivity index (χ3v) is 8.74. The number of thioether (sulfide) groups is 1. The van der Waals surface area contributed by atoms with E-state index in [1.807, 2.05) is 67.6 Å². The van der Waals surface area contributed by atoms with Gasteiger partial charge in [0.05, 0.1) is 6.61 Å². The molecule has 7 heteroatoms. The Bertz CT molecular complexity index is 1340. The number of ether oxygens (including phenoxy) is 1. The molecule has 0 atom stereocenters. The lowest BCUT2D eigenvalue weighted by molar-refractivity contribution is -0.159. The summed E-state index contributed by atoms with van der Waals surface area (Å²) in [6.07, 6.45) is 2.74. The Labute approximate surface area is 241 Å². The summed E-state index contributed by atoms with van der Waals surface area (Å²) in [5.41, 5.74) is 17.0. The van der Waals surface area contributed by atoms with Gasteiger partial charge in [0.1, 0.15) is 16.3 Å². The van der Waals surface area contributed by atoms with E-state index in [0.717, 1.165) is 32.7 Å². The van der Waals surface area contributed by atoms with Gasteiger partial charge in [0.15, 0.2) is 0 Å². The van der Waals surface area contributed by atoms with Crippen LogP contribution < -0.4 is 11.5 Å². The highest BCUT2D eigenvalue weighted by Crippen LogP contribution is 2.44. The van der Waals surface area contributed by atoms with E-state index in [9.17, 15) is 15.0 Å². The minimum Gasteiger partial charge on any atom is -0.511 e. The van der Waals surface area contributed by atoms with Crippen molar-refractivity contribution >= 4 is 29.1 Å². The van der Waals surface area contributed by atoms with Gasteiger partial charge in [-0.25, -0.2) is 4.79 Å². The Morgan fingerprint density at radius 2 is 1.45 bits per heavy atom. The fourth-order valence-electron chi connectivity index (χ4n) is 5.08. The molecular weight excluding hydrogens is 520 g/mol. The lowest BCUT2D eigenvalue weighted by Crippen LogP contribution is -2.41. The van der Waals surface area contributed by atoms with Gasteiger partial charge in [-0.2, -0.15) is 0 Å². The molecule has 40 heavy (non-hydrogen) atoms. The molecule has 6 N–H and O–H groups in total. The highest BCUT2D eigenvalue weighted by atomic mass is 32.2. The third kappa shape index (κ3) is 7.01. The van der Waals surface area contributed by atoms with Crippen molar-refractivity contribution in [2.45, 2.75) is 82.3 Å². The maximum absolute atomic E-state index is 13.6. The van der Waals surface area contributed by atoms with Crippen LogP contribution in [0.2, 0.25) is 0 Å². The van der Waals surface area contributed by atoms with Gasteiger partial charge >= 0.3 is 5.97 Å². The van der Waals surface area contributed by atoms with E-state index in [1.165, 1.54) is 11.8 Å². The van der Waals surface area contributed by atoms with Gasteiger partial charge in [-0.3, -0.25) is 0 Å². The van der Waals surface area contributed by atoms with Gasteiger partial charge in [-0.15, -0.1) is 0 Å². The number of aryl methyl sites for hydroxylation is 3. The van der Waals surface area contributed by atoms with Crippen LogP contribution in [-0.2, 0) is 34.4 Å². The number of hydrogen-bond acceptors (Lipinski definition) is 7. The first-order chi connectivity index (χ1) is 18.9. The van der Waals surface area contributed by atoms with E-state index in [4.69, 9.17) is 16.2 Å². The number of rotatable bonds is 9. The summed E-state index contributed by atoms with van der Waals surface area (Å²) in [6, 6.07) is 19.4. The van der Waals surface area contributed by atoms with Gasteiger partial charge in [-0.05, 0) is 96.2 Å². The van der Waals surface area contributed by atoms with Crippen molar-refractivity contribution in [3.63, 3.8) is 0 Å². The van der Waals surface area contributed by atoms with E-state index >= 15 is 0 Å². The highest BCUT2D eigenvalue weighted by Gasteiger charge is 2.42. The number of aliphatic hydroxyl groups is 2. The molecule has 4 rings (SSSR count). The maximum atomic E-state index is 13.6. The predicted molar refractivity (Wildman–Crippen MR) is 163 cm³/mol. The molecule has 0 fully saturated rings. The van der Waals surface area contributed by atoms with E-state index in [0.29, 0.717) is 37.1 Å². The average molecular weight is 561 g/mol. The summed E-state index contributed by atoms with van der Waals surface area (Å²) >= 11 is 1.25. The largest absolute Gasteiger partial charge is 0.511 e. The van der Waals surface area contributed by atoms with Gasteiger partial charge in [0.2, 0.25) is 0 Å². The van der Waals surface area contributed by atoms with Crippen LogP contribution in [0.5, 0.6) is 0 Å². The van der Waals surface area contributed by atoms with Crippen molar-refractivity contribution < 1.29 is 19.7 Å². The summed E-state index contributed by atoms with van der Waals surface area (Å²) < 4.78 is 6.25. The van der Waals surface area contributed by atoms with Gasteiger partial charge in [0, 0.05) is 22.7 Å². The van der Waals surface area contributed by atoms with Crippen LogP contribution in [0.15, 0.2) is 76.2 Å². The van der Waals surface area contributed by atoms with Crippen LogP contribution in [0.1, 0.15) is 67.9 Å². The number of carbonyl (C=O) groups excluding carboxylic acids is 1. The summed E-state index contributed by atoms with van der Waals surface area (Å²) in [5.74, 6) is -0.452. The van der Waals surface area contributed by atoms with Crippen molar-refractivity contribution in [2.75, 3.05) is 11.5 Å². The number of hydrogen-bond donors (Lipinski definition) is 4. The molecule has 1 aliphatic rings. The zero-order valence-corrected chi connectivity index (χ0v) is 24.6. The number of cyclic esters (lactones) is 1. The van der Waals surface area contributed by atoms with Gasteiger partial charge < -0.3 is 26.4 Å². The van der Waals surface area contributed by atoms with E-state index in [2.05, 4.69) is 20.8 Å². The molecule has 1 heterocycles. The molecular formula is C33H40N2O4S. The van der Waals surface area contributed by atoms with Crippen molar-refractivity contribution in [2.24, 2.45) is 0 Å². The number of anilines is 2. The van der Waals surface area contributed by atoms with Crippen LogP contribution in [0.4, 0.5) is 11.4 Å². The molecule has 212 valence electrons. The topological polar surface area (TPSA) is 119 Å². The fourth-order valence-corrected chi connectivity index (χ4v) is 6.32. The zero-order valence-electron chi connectivity index (χ0n) is 23.8. The Kier molecular flexibility index (Phi) is 8.86. The number of nitrogens with two attached hydrogens (primary N) is 2. The minimum absolute atomic E-state index is 0.0552. The fraction of sp³-hybridized carbons (Fsp3) is 0.364. The van der Waals surface area contributed by atoms with Crippen molar-refractivity contribution in [3.05, 3.63) is 99.1 Å². The Balaban J connectivity index is 1.64. The van der Waals surface area contributed by atoms with Crippen LogP contribution in [-0.4, -0.2) is 21.8 Å². The summed E-state index contributed by atoms with van der Waals surface area (Å²) in [6.45, 7) is 8.16. The molecule has 0 saturated heterocycles. The normalized spacial score (nSPS) is 15.3. The first kappa shape index (κ1) is 29.6. The molecule has 3 aromatic carbocycles. The summed E-state index contributed by atoms with van der Waals surface area (Å²) in [4.78, 5) is 14.7. The first-order valence-corrected chi connectivity index (χ1v) is 14.5. The third-order valence-electron chi connectivity index (χ3n) is 7.57. The second-order valence-electron chi connectivity index (χ2n) is 11.8. The van der Waals surface area contributed by atoms with Crippen LogP contribution in [0, 0.1) is 6.92 Å². The number of nitrogen functional groups attached to an aromatic ring is 2. The lowest BCUT2D eigenvalue weighted by atomic mass is 9.84. The van der Waals surface area contributed by atoms with Crippen LogP contribution >= 0.6 is 11.8 Å². The molecule has 0 bridgehead atoms. The lowest BCUT2D eigenvalue weighted by Gasteiger charge is -2.37. The van der Waals surface area contributed by atoms with E-state index in [1.54, 1.807) is 0 Å². The van der Waals surface area contributed by atoms with Gasteiger partial charge in [-0.1, -0.05) is 62.9 Å². The van der Waals surface area contributed by atoms with Crippen molar-refractivity contribution in [3.8, 4) is 0 Å². The molecule has 6 nitrogen and oxygen atoms in total. The summed E-state index contributed by atoms with van der Waals surface area (Å²) in [7, 11) is 0. The second-order valence-corrected chi connectivity index (χ2v) is 12.8. The summed E-state index contributed by atoms with van der Waals surface area (Å²) in [5, 5.41) is 21.2. The predicted octanol–water partition coefficient (Wildman–Crippen LogP) is 6.76. The second kappa shape index (κ2) is 12.0. The molecule has 0 saturated carbocycles. The smallest absolute Gasteiger partial charge is 0.349 e. The maximum Gasteiger partial charge on any atom is 0.349 e. The first-order valence-electron chi connectivity index (χ1n) is 13.7. The average Bonchev–Trinajstić information content (AvgIpc) is 2.89. The quantitative estimate of drug-likeness (QED) is 0.169. The Morgan fingerprint density at radius 3 is 1.90 bits per heavy atom. The van der Waals surface area contributed by atoms with Crippen LogP contribution in [0.25, 0.3) is 0 Å². The number of aliphatic hydroxyl groups excluding tert-OH is 2. The monoisotopic (exact) mass is 560 g/mol. The molecule has 0 aliphatic carbocycles. The SMILES string of the molecule is Cc1cc(SC2=C(O)CC(CCc3ccc(N)cc3)(CCc3ccc(N)cc3)OC2=O)c(C(C)(C)C)cc1CO. The Morgan fingerprint density at radius 1 is 0.925 bits per heavy atom. The molecule has 3 aromatic rings. The van der Waals surface area contributed by atoms with Gasteiger partial charge in [0.25, 0.3) is 0 Å². The molecule has 1 aliphatic heterocycles. The van der Waals surface area contributed by atoms with Crippen LogP contribution in [0.3, 0.4) is 0 Å². The molecule has 0 amide bonds. The molecule has 0 unspecified atom stereocenters. The number of carbonyl (C=O) groups is 1. The van der Waals surface area contributed by atoms with E-state index < -0.39 is 11.6 Å². The molecule has 0 aromatic heterocycles. The van der Waals surface area contributed by atoms with Crippen molar-refractivity contribution in [1.82, 2.24) is 0 Å². The minimum atomic E-state index is -0.850. The number of esters is 1. The zero-order chi connectivity index (χ0) is 29.1. The Hall–Kier alpha value is -3.42. The van der Waals surface area contributed by atoms with E-state index in [-0.39, 0.29) is 29.1 Å². The molecule has 0 radical (unpaired) electrons.